The number of hydrogen-bond acceptors (Lipinski definition) is 7. The molecule has 3 aliphatic heterocycles. The zero-order valence-corrected chi connectivity index (χ0v) is 12.4. The van der Waals surface area contributed by atoms with Gasteiger partial charge in [-0.1, -0.05) is 6.08 Å². The molecule has 23 heavy (non-hydrogen) atoms. The van der Waals surface area contributed by atoms with Gasteiger partial charge >= 0.3 is 6.03 Å². The molecule has 0 aromatic carbocycles. The molecule has 2 fully saturated rings. The molecule has 9 nitrogen and oxygen atoms in total. The number of carbonyl (C=O) groups excluding carboxylic acids is 1. The standard InChI is InChI=1S/C14H21N3O6/c15-10-4-5-17(13(21)16-10)14(9-3-1-2-6-22-9)12(20)11(19)8(7-18)23-14/h1-3,6,8-12,18-20H,4-5,7,15H2,(H,16,21)/t8-,9?,10?,11-,12-,14-/m1/s1. The number of nitrogens with two attached hydrogens (primary N) is 1. The van der Waals surface area contributed by atoms with Gasteiger partial charge in [0.1, 0.15) is 18.3 Å². The summed E-state index contributed by atoms with van der Waals surface area (Å²) in [5, 5.41) is 32.8. The number of aliphatic hydroxyl groups excluding tert-OH is 3. The van der Waals surface area contributed by atoms with Gasteiger partial charge in [-0.2, -0.15) is 0 Å². The Morgan fingerprint density at radius 2 is 2.22 bits per heavy atom. The Hall–Kier alpha value is -1.65. The molecule has 128 valence electrons. The second kappa shape index (κ2) is 6.10. The van der Waals surface area contributed by atoms with E-state index in [9.17, 15) is 20.1 Å². The summed E-state index contributed by atoms with van der Waals surface area (Å²) in [7, 11) is 0. The molecule has 2 amide bonds. The van der Waals surface area contributed by atoms with E-state index in [1.807, 2.05) is 0 Å². The number of carbonyl (C=O) groups is 1. The number of aliphatic hydroxyl groups is 3. The Bertz CT molecular complexity index is 527. The van der Waals surface area contributed by atoms with E-state index in [1.165, 1.54) is 11.2 Å². The van der Waals surface area contributed by atoms with Crippen molar-refractivity contribution in [3.05, 3.63) is 24.5 Å². The van der Waals surface area contributed by atoms with Gasteiger partial charge in [0.15, 0.2) is 6.10 Å². The van der Waals surface area contributed by atoms with Gasteiger partial charge in [0.05, 0.1) is 19.0 Å². The fraction of sp³-hybridized carbons (Fsp3) is 0.643. The van der Waals surface area contributed by atoms with Crippen LogP contribution in [0.1, 0.15) is 6.42 Å². The van der Waals surface area contributed by atoms with E-state index >= 15 is 0 Å². The van der Waals surface area contributed by atoms with Gasteiger partial charge in [-0.15, -0.1) is 0 Å². The van der Waals surface area contributed by atoms with Gasteiger partial charge in [-0.3, -0.25) is 4.90 Å². The number of rotatable bonds is 3. The van der Waals surface area contributed by atoms with Crippen molar-refractivity contribution in [3.8, 4) is 0 Å². The number of nitrogens with zero attached hydrogens (tertiary/aromatic N) is 1. The average Bonchev–Trinajstić information content (AvgIpc) is 2.81. The maximum Gasteiger partial charge on any atom is 0.321 e. The number of amides is 2. The molecule has 0 aromatic heterocycles. The SMILES string of the molecule is NC1CCN([C@]2(C3C=CC=CO3)O[C@H](CO)[C@@H](O)[C@H]2O)C(=O)N1. The van der Waals surface area contributed by atoms with Crippen molar-refractivity contribution in [1.29, 1.82) is 0 Å². The van der Waals surface area contributed by atoms with Crippen LogP contribution in [0.5, 0.6) is 0 Å². The zero-order chi connectivity index (χ0) is 16.6. The molecule has 0 spiro atoms. The summed E-state index contributed by atoms with van der Waals surface area (Å²) in [5.41, 5.74) is 4.06. The number of urea groups is 1. The Kier molecular flexibility index (Phi) is 4.30. The van der Waals surface area contributed by atoms with Crippen LogP contribution >= 0.6 is 0 Å². The zero-order valence-electron chi connectivity index (χ0n) is 12.4. The summed E-state index contributed by atoms with van der Waals surface area (Å²) >= 11 is 0. The smallest absolute Gasteiger partial charge is 0.321 e. The van der Waals surface area contributed by atoms with Crippen LogP contribution in [0.3, 0.4) is 0 Å². The minimum atomic E-state index is -1.65. The van der Waals surface area contributed by atoms with Crippen LogP contribution in [0.2, 0.25) is 0 Å². The second-order valence-electron chi connectivity index (χ2n) is 5.79. The molecular formula is C14H21N3O6. The third-order valence-corrected chi connectivity index (χ3v) is 4.40. The summed E-state index contributed by atoms with van der Waals surface area (Å²) in [6, 6.07) is -0.528. The third-order valence-electron chi connectivity index (χ3n) is 4.40. The lowest BCUT2D eigenvalue weighted by Crippen LogP contribution is -2.70. The monoisotopic (exact) mass is 327 g/mol. The number of hydrogen-bond donors (Lipinski definition) is 5. The summed E-state index contributed by atoms with van der Waals surface area (Å²) in [5.74, 6) is 0. The van der Waals surface area contributed by atoms with Crippen LogP contribution in [-0.2, 0) is 9.47 Å². The van der Waals surface area contributed by atoms with E-state index in [0.29, 0.717) is 6.42 Å². The van der Waals surface area contributed by atoms with Crippen molar-refractivity contribution in [2.75, 3.05) is 13.2 Å². The maximum atomic E-state index is 12.4. The Balaban J connectivity index is 1.99. The van der Waals surface area contributed by atoms with Crippen LogP contribution in [0, 0.1) is 0 Å². The number of nitrogens with one attached hydrogen (secondary N) is 1. The van der Waals surface area contributed by atoms with Gasteiger partial charge in [-0.25, -0.2) is 4.79 Å². The average molecular weight is 327 g/mol. The highest BCUT2D eigenvalue weighted by molar-refractivity contribution is 5.76. The molecule has 9 heteroatoms. The second-order valence-corrected chi connectivity index (χ2v) is 5.79. The maximum absolute atomic E-state index is 12.4. The number of allylic oxidation sites excluding steroid dienone is 2. The van der Waals surface area contributed by atoms with Gasteiger partial charge in [0.2, 0.25) is 5.72 Å². The van der Waals surface area contributed by atoms with Crippen molar-refractivity contribution >= 4 is 6.03 Å². The van der Waals surface area contributed by atoms with Crippen LogP contribution < -0.4 is 11.1 Å². The van der Waals surface area contributed by atoms with E-state index < -0.39 is 48.9 Å². The Morgan fingerprint density at radius 1 is 1.43 bits per heavy atom. The lowest BCUT2D eigenvalue weighted by Gasteiger charge is -2.48. The van der Waals surface area contributed by atoms with Crippen LogP contribution in [0.25, 0.3) is 0 Å². The first-order chi connectivity index (χ1) is 11.0. The Morgan fingerprint density at radius 3 is 2.78 bits per heavy atom. The minimum absolute atomic E-state index is 0.215. The highest BCUT2D eigenvalue weighted by Gasteiger charge is 2.63. The fourth-order valence-corrected chi connectivity index (χ4v) is 3.22. The molecule has 2 unspecified atom stereocenters. The fourth-order valence-electron chi connectivity index (χ4n) is 3.22. The molecule has 3 rings (SSSR count). The van der Waals surface area contributed by atoms with Crippen LogP contribution in [0.15, 0.2) is 24.5 Å². The van der Waals surface area contributed by atoms with Gasteiger partial charge in [0, 0.05) is 6.54 Å². The van der Waals surface area contributed by atoms with Crippen molar-refractivity contribution in [2.45, 2.75) is 42.7 Å². The largest absolute Gasteiger partial charge is 0.489 e. The topological polar surface area (TPSA) is 138 Å². The van der Waals surface area contributed by atoms with E-state index in [-0.39, 0.29) is 6.54 Å². The number of ether oxygens (including phenoxy) is 2. The highest BCUT2D eigenvalue weighted by Crippen LogP contribution is 2.40. The molecule has 3 aliphatic rings. The van der Waals surface area contributed by atoms with E-state index in [4.69, 9.17) is 15.2 Å². The van der Waals surface area contributed by atoms with Crippen molar-refractivity contribution in [1.82, 2.24) is 10.2 Å². The molecule has 2 saturated heterocycles. The van der Waals surface area contributed by atoms with E-state index in [1.54, 1.807) is 18.2 Å². The van der Waals surface area contributed by atoms with Crippen molar-refractivity contribution in [2.24, 2.45) is 5.73 Å². The minimum Gasteiger partial charge on any atom is -0.489 e. The lowest BCUT2D eigenvalue weighted by atomic mass is 9.93. The van der Waals surface area contributed by atoms with Crippen LogP contribution in [-0.4, -0.2) is 75.7 Å². The molecule has 0 saturated carbocycles. The normalized spacial score (nSPS) is 43.4. The first kappa shape index (κ1) is 16.2. The quantitative estimate of drug-likeness (QED) is 0.403. The first-order valence-electron chi connectivity index (χ1n) is 7.48. The van der Waals surface area contributed by atoms with Crippen LogP contribution in [0.4, 0.5) is 4.79 Å². The van der Waals surface area contributed by atoms with E-state index in [0.717, 1.165) is 0 Å². The van der Waals surface area contributed by atoms with Gasteiger partial charge < -0.3 is 35.8 Å². The first-order valence-corrected chi connectivity index (χ1v) is 7.48. The third kappa shape index (κ3) is 2.50. The van der Waals surface area contributed by atoms with Crippen molar-refractivity contribution < 1.29 is 29.6 Å². The van der Waals surface area contributed by atoms with Gasteiger partial charge in [-0.05, 0) is 18.6 Å². The molecule has 0 radical (unpaired) electrons. The predicted molar refractivity (Wildman–Crippen MR) is 77.7 cm³/mol. The van der Waals surface area contributed by atoms with E-state index in [2.05, 4.69) is 5.32 Å². The molecule has 3 heterocycles. The summed E-state index contributed by atoms with van der Waals surface area (Å²) < 4.78 is 11.3. The summed E-state index contributed by atoms with van der Waals surface area (Å²) in [6.45, 7) is -0.284. The lowest BCUT2D eigenvalue weighted by molar-refractivity contribution is -0.214. The molecule has 0 aliphatic carbocycles. The highest BCUT2D eigenvalue weighted by atomic mass is 16.6. The Labute approximate surface area is 133 Å². The summed E-state index contributed by atoms with van der Waals surface area (Å²) in [6.07, 6.45) is 1.64. The molecule has 0 aromatic rings. The molecule has 6 atom stereocenters. The van der Waals surface area contributed by atoms with Gasteiger partial charge in [0.25, 0.3) is 0 Å². The summed E-state index contributed by atoms with van der Waals surface area (Å²) in [4.78, 5) is 13.7. The molecule has 0 bridgehead atoms. The van der Waals surface area contributed by atoms with Crippen molar-refractivity contribution in [3.63, 3.8) is 0 Å². The molecular weight excluding hydrogens is 306 g/mol. The predicted octanol–water partition coefficient (Wildman–Crippen LogP) is -2.04. The molecule has 6 N–H and O–H groups in total.